The van der Waals surface area contributed by atoms with Gasteiger partial charge in [0, 0.05) is 6.08 Å². The lowest BCUT2D eigenvalue weighted by molar-refractivity contribution is -0.131. The highest BCUT2D eigenvalue weighted by Gasteiger charge is 1.95. The molecule has 0 amide bonds. The van der Waals surface area contributed by atoms with Crippen LogP contribution in [0, 0.1) is 0 Å². The Bertz CT molecular complexity index is 384. The first-order valence-electron chi connectivity index (χ1n) is 12.8. The van der Waals surface area contributed by atoms with Crippen LogP contribution in [0.1, 0.15) is 142 Å². The van der Waals surface area contributed by atoms with Crippen LogP contribution in [0.25, 0.3) is 0 Å². The molecular formula is C27H50O2. The number of carboxylic acid groups (broad SMARTS) is 1. The molecule has 0 aliphatic heterocycles. The van der Waals surface area contributed by atoms with E-state index in [-0.39, 0.29) is 0 Å². The van der Waals surface area contributed by atoms with Crippen molar-refractivity contribution < 1.29 is 9.90 Å². The van der Waals surface area contributed by atoms with Gasteiger partial charge in [0.25, 0.3) is 0 Å². The topological polar surface area (TPSA) is 37.3 Å². The van der Waals surface area contributed by atoms with Gasteiger partial charge in [-0.05, 0) is 12.8 Å². The molecule has 170 valence electrons. The lowest BCUT2D eigenvalue weighted by atomic mass is 10.0. The van der Waals surface area contributed by atoms with E-state index < -0.39 is 5.97 Å². The van der Waals surface area contributed by atoms with E-state index in [1.165, 1.54) is 134 Å². The Morgan fingerprint density at radius 1 is 0.552 bits per heavy atom. The Hall–Kier alpha value is -1.05. The van der Waals surface area contributed by atoms with Crippen LogP contribution in [0.2, 0.25) is 0 Å². The van der Waals surface area contributed by atoms with Crippen molar-refractivity contribution in [1.82, 2.24) is 0 Å². The summed E-state index contributed by atoms with van der Waals surface area (Å²) in [5, 5.41) is 8.47. The molecule has 0 bridgehead atoms. The number of carbonyl (C=O) groups is 1. The Balaban J connectivity index is 3.07. The van der Waals surface area contributed by atoms with Gasteiger partial charge in [-0.15, -0.1) is 0 Å². The Morgan fingerprint density at radius 3 is 1.24 bits per heavy atom. The van der Waals surface area contributed by atoms with Gasteiger partial charge in [-0.25, -0.2) is 4.79 Å². The third kappa shape index (κ3) is 26.9. The molecule has 1 N–H and O–H groups in total. The fourth-order valence-corrected chi connectivity index (χ4v) is 3.83. The summed E-state index contributed by atoms with van der Waals surface area (Å²) < 4.78 is 0. The number of aliphatic carboxylic acids is 1. The summed E-state index contributed by atoms with van der Waals surface area (Å²) in [6.07, 6.45) is 36.0. The molecule has 0 heterocycles. The molecule has 0 aromatic heterocycles. The summed E-state index contributed by atoms with van der Waals surface area (Å²) in [4.78, 5) is 10.3. The smallest absolute Gasteiger partial charge is 0.328 e. The van der Waals surface area contributed by atoms with E-state index in [9.17, 15) is 4.79 Å². The van der Waals surface area contributed by atoms with E-state index in [1.54, 1.807) is 6.08 Å². The molecule has 0 aromatic rings. The number of allylic oxidation sites excluding steroid dienone is 3. The predicted molar refractivity (Wildman–Crippen MR) is 129 cm³/mol. The SMILES string of the molecule is CCCCCCCCCCCCCCCCCCCCCCC=CC=CC(=O)O. The van der Waals surface area contributed by atoms with E-state index in [0.29, 0.717) is 0 Å². The van der Waals surface area contributed by atoms with Gasteiger partial charge in [0.1, 0.15) is 0 Å². The average Bonchev–Trinajstić information content (AvgIpc) is 2.71. The third-order valence-electron chi connectivity index (χ3n) is 5.71. The van der Waals surface area contributed by atoms with Gasteiger partial charge in [-0.2, -0.15) is 0 Å². The molecule has 0 aliphatic rings. The van der Waals surface area contributed by atoms with Crippen LogP contribution in [-0.2, 0) is 4.79 Å². The molecule has 0 aliphatic carbocycles. The summed E-state index contributed by atoms with van der Waals surface area (Å²) in [6, 6.07) is 0. The van der Waals surface area contributed by atoms with Gasteiger partial charge in [0.2, 0.25) is 0 Å². The molecule has 0 rings (SSSR count). The van der Waals surface area contributed by atoms with Crippen LogP contribution in [0.5, 0.6) is 0 Å². The van der Waals surface area contributed by atoms with Crippen molar-refractivity contribution in [2.75, 3.05) is 0 Å². The first kappa shape index (κ1) is 27.9. The summed E-state index contributed by atoms with van der Waals surface area (Å²) in [5.41, 5.74) is 0. The fraction of sp³-hybridized carbons (Fsp3) is 0.815. The Kier molecular flexibility index (Phi) is 24.1. The molecule has 0 saturated heterocycles. The monoisotopic (exact) mass is 406 g/mol. The quantitative estimate of drug-likeness (QED) is 0.104. The molecule has 0 radical (unpaired) electrons. The molecule has 0 fully saturated rings. The average molecular weight is 407 g/mol. The van der Waals surface area contributed by atoms with Gasteiger partial charge < -0.3 is 5.11 Å². The zero-order valence-electron chi connectivity index (χ0n) is 19.5. The van der Waals surface area contributed by atoms with E-state index in [1.807, 2.05) is 6.08 Å². The molecule has 0 unspecified atom stereocenters. The van der Waals surface area contributed by atoms with E-state index in [2.05, 4.69) is 13.0 Å². The van der Waals surface area contributed by atoms with Crippen molar-refractivity contribution >= 4 is 5.97 Å². The molecule has 0 aromatic carbocycles. The molecule has 0 saturated carbocycles. The second-order valence-corrected chi connectivity index (χ2v) is 8.63. The normalized spacial score (nSPS) is 11.8. The van der Waals surface area contributed by atoms with Crippen molar-refractivity contribution in [3.05, 3.63) is 24.3 Å². The Labute approximate surface area is 182 Å². The maximum atomic E-state index is 10.3. The number of unbranched alkanes of at least 4 members (excludes halogenated alkanes) is 20. The number of hydrogen-bond donors (Lipinski definition) is 1. The van der Waals surface area contributed by atoms with E-state index in [0.717, 1.165) is 6.42 Å². The Morgan fingerprint density at radius 2 is 0.897 bits per heavy atom. The largest absolute Gasteiger partial charge is 0.478 e. The van der Waals surface area contributed by atoms with Crippen molar-refractivity contribution in [3.8, 4) is 0 Å². The highest BCUT2D eigenvalue weighted by molar-refractivity contribution is 5.80. The molecule has 2 heteroatoms. The number of carboxylic acids is 1. The summed E-state index contributed by atoms with van der Waals surface area (Å²) in [7, 11) is 0. The zero-order valence-corrected chi connectivity index (χ0v) is 19.5. The van der Waals surface area contributed by atoms with Crippen LogP contribution >= 0.6 is 0 Å². The molecule has 0 spiro atoms. The van der Waals surface area contributed by atoms with Crippen molar-refractivity contribution in [3.63, 3.8) is 0 Å². The number of hydrogen-bond acceptors (Lipinski definition) is 1. The van der Waals surface area contributed by atoms with Crippen molar-refractivity contribution in [1.29, 1.82) is 0 Å². The lowest BCUT2D eigenvalue weighted by Gasteiger charge is -2.04. The zero-order chi connectivity index (χ0) is 21.3. The maximum Gasteiger partial charge on any atom is 0.328 e. The predicted octanol–water partition coefficient (Wildman–Crippen LogP) is 9.40. The first-order valence-corrected chi connectivity index (χ1v) is 12.8. The third-order valence-corrected chi connectivity index (χ3v) is 5.71. The second-order valence-electron chi connectivity index (χ2n) is 8.63. The lowest BCUT2D eigenvalue weighted by Crippen LogP contribution is -1.84. The van der Waals surface area contributed by atoms with Gasteiger partial charge in [-0.1, -0.05) is 147 Å². The van der Waals surface area contributed by atoms with Crippen molar-refractivity contribution in [2.24, 2.45) is 0 Å². The standard InChI is InChI=1S/C27H50O2/c1-2-3-4-5-6-7-8-9-10-11-12-13-14-15-16-17-18-19-20-21-22-23-24-25-26-27(28)29/h23-26H,2-22H2,1H3,(H,28,29). The summed E-state index contributed by atoms with van der Waals surface area (Å²) >= 11 is 0. The van der Waals surface area contributed by atoms with Gasteiger partial charge in [-0.3, -0.25) is 0 Å². The molecule has 29 heavy (non-hydrogen) atoms. The minimum atomic E-state index is -0.881. The molecular weight excluding hydrogens is 356 g/mol. The highest BCUT2D eigenvalue weighted by Crippen LogP contribution is 2.15. The molecule has 0 atom stereocenters. The van der Waals surface area contributed by atoms with Crippen LogP contribution in [0.3, 0.4) is 0 Å². The van der Waals surface area contributed by atoms with Gasteiger partial charge >= 0.3 is 5.97 Å². The second kappa shape index (κ2) is 25.0. The van der Waals surface area contributed by atoms with Crippen LogP contribution in [0.4, 0.5) is 0 Å². The first-order chi connectivity index (χ1) is 14.3. The maximum absolute atomic E-state index is 10.3. The van der Waals surface area contributed by atoms with Crippen LogP contribution < -0.4 is 0 Å². The highest BCUT2D eigenvalue weighted by atomic mass is 16.4. The fourth-order valence-electron chi connectivity index (χ4n) is 3.83. The van der Waals surface area contributed by atoms with E-state index >= 15 is 0 Å². The van der Waals surface area contributed by atoms with E-state index in [4.69, 9.17) is 5.11 Å². The number of rotatable bonds is 23. The van der Waals surface area contributed by atoms with Gasteiger partial charge in [0.05, 0.1) is 0 Å². The van der Waals surface area contributed by atoms with Crippen LogP contribution in [-0.4, -0.2) is 11.1 Å². The minimum Gasteiger partial charge on any atom is -0.478 e. The summed E-state index contributed by atoms with van der Waals surface area (Å²) in [5.74, 6) is -0.881. The molecule has 2 nitrogen and oxygen atoms in total. The van der Waals surface area contributed by atoms with Crippen LogP contribution in [0.15, 0.2) is 24.3 Å². The van der Waals surface area contributed by atoms with Crippen molar-refractivity contribution in [2.45, 2.75) is 142 Å². The minimum absolute atomic E-state index is 0.881. The van der Waals surface area contributed by atoms with Gasteiger partial charge in [0.15, 0.2) is 0 Å². The summed E-state index contributed by atoms with van der Waals surface area (Å²) in [6.45, 7) is 2.29.